The van der Waals surface area contributed by atoms with Gasteiger partial charge in [0.2, 0.25) is 5.78 Å². The van der Waals surface area contributed by atoms with Gasteiger partial charge in [-0.3, -0.25) is 9.48 Å². The molecule has 5 heteroatoms. The molecule has 94 valence electrons. The number of aryl methyl sites for hydroxylation is 1. The van der Waals surface area contributed by atoms with E-state index in [2.05, 4.69) is 10.2 Å². The second-order valence-corrected chi connectivity index (χ2v) is 4.21. The smallest absolute Gasteiger partial charge is 0.216 e. The summed E-state index contributed by atoms with van der Waals surface area (Å²) in [5, 5.41) is 8.30. The molecule has 0 saturated carbocycles. The van der Waals surface area contributed by atoms with Gasteiger partial charge in [-0.2, -0.15) is 10.2 Å². The maximum atomic E-state index is 12.2. The van der Waals surface area contributed by atoms with Gasteiger partial charge in [0.1, 0.15) is 5.69 Å². The first-order chi connectivity index (χ1) is 9.24. The number of hydrogen-bond donors (Lipinski definition) is 0. The Kier molecular flexibility index (Phi) is 2.72. The molecule has 0 aliphatic heterocycles. The van der Waals surface area contributed by atoms with Crippen molar-refractivity contribution in [3.05, 3.63) is 66.2 Å². The summed E-state index contributed by atoms with van der Waals surface area (Å²) in [7, 11) is 1.78. The third-order valence-electron chi connectivity index (χ3n) is 2.81. The number of nitrogens with zero attached hydrogens (tertiary/aromatic N) is 4. The maximum Gasteiger partial charge on any atom is 0.216 e. The van der Waals surface area contributed by atoms with Gasteiger partial charge in [0.05, 0.1) is 17.4 Å². The van der Waals surface area contributed by atoms with Gasteiger partial charge >= 0.3 is 0 Å². The van der Waals surface area contributed by atoms with Crippen molar-refractivity contribution in [2.24, 2.45) is 7.05 Å². The van der Waals surface area contributed by atoms with Gasteiger partial charge in [0.15, 0.2) is 0 Å². The Balaban J connectivity index is 1.92. The zero-order valence-corrected chi connectivity index (χ0v) is 10.4. The van der Waals surface area contributed by atoms with Crippen molar-refractivity contribution in [3.8, 4) is 5.69 Å². The lowest BCUT2D eigenvalue weighted by Crippen LogP contribution is -2.02. The van der Waals surface area contributed by atoms with E-state index in [9.17, 15) is 4.79 Å². The van der Waals surface area contributed by atoms with Crippen LogP contribution in [0.1, 0.15) is 16.1 Å². The van der Waals surface area contributed by atoms with Crippen molar-refractivity contribution in [2.45, 2.75) is 0 Å². The van der Waals surface area contributed by atoms with Crippen LogP contribution >= 0.6 is 0 Å². The van der Waals surface area contributed by atoms with Gasteiger partial charge in [-0.05, 0) is 18.2 Å². The van der Waals surface area contributed by atoms with E-state index in [1.807, 2.05) is 30.3 Å². The first-order valence-corrected chi connectivity index (χ1v) is 5.88. The predicted octanol–water partition coefficient (Wildman–Crippen LogP) is 1.84. The van der Waals surface area contributed by atoms with Crippen molar-refractivity contribution < 1.29 is 4.79 Å². The number of rotatable bonds is 3. The molecule has 3 aromatic rings. The molecule has 0 N–H and O–H groups in total. The Morgan fingerprint density at radius 2 is 1.95 bits per heavy atom. The normalized spacial score (nSPS) is 10.6. The molecule has 0 aliphatic carbocycles. The van der Waals surface area contributed by atoms with Gasteiger partial charge in [-0.15, -0.1) is 0 Å². The second-order valence-electron chi connectivity index (χ2n) is 4.21. The van der Waals surface area contributed by atoms with E-state index in [1.165, 1.54) is 0 Å². The van der Waals surface area contributed by atoms with Crippen molar-refractivity contribution in [3.63, 3.8) is 0 Å². The average molecular weight is 252 g/mol. The van der Waals surface area contributed by atoms with Gasteiger partial charge < -0.3 is 0 Å². The monoisotopic (exact) mass is 252 g/mol. The van der Waals surface area contributed by atoms with E-state index in [0.29, 0.717) is 11.3 Å². The summed E-state index contributed by atoms with van der Waals surface area (Å²) in [4.78, 5) is 12.2. The SMILES string of the molecule is Cn1ccc(C(=O)c2cnn(-c3ccccc3)c2)n1. The zero-order valence-electron chi connectivity index (χ0n) is 10.4. The minimum absolute atomic E-state index is 0.122. The molecule has 0 fully saturated rings. The molecule has 0 spiro atoms. The van der Waals surface area contributed by atoms with Crippen LogP contribution in [0.2, 0.25) is 0 Å². The number of benzene rings is 1. The number of hydrogen-bond acceptors (Lipinski definition) is 3. The molecule has 2 heterocycles. The summed E-state index contributed by atoms with van der Waals surface area (Å²) in [6.45, 7) is 0. The highest BCUT2D eigenvalue weighted by molar-refractivity contribution is 6.07. The fourth-order valence-corrected chi connectivity index (χ4v) is 1.85. The van der Waals surface area contributed by atoms with Gasteiger partial charge in [0, 0.05) is 19.4 Å². The highest BCUT2D eigenvalue weighted by atomic mass is 16.1. The lowest BCUT2D eigenvalue weighted by molar-refractivity contribution is 0.103. The van der Waals surface area contributed by atoms with Gasteiger partial charge in [-0.1, -0.05) is 18.2 Å². The molecule has 5 nitrogen and oxygen atoms in total. The fourth-order valence-electron chi connectivity index (χ4n) is 1.85. The lowest BCUT2D eigenvalue weighted by Gasteiger charge is -1.98. The molecule has 0 amide bonds. The summed E-state index contributed by atoms with van der Waals surface area (Å²) in [5.41, 5.74) is 1.88. The van der Waals surface area contributed by atoms with E-state index in [1.54, 1.807) is 41.1 Å². The highest BCUT2D eigenvalue weighted by Gasteiger charge is 2.14. The summed E-state index contributed by atoms with van der Waals surface area (Å²) in [6, 6.07) is 11.4. The molecule has 2 aromatic heterocycles. The molecular formula is C14H12N4O. The summed E-state index contributed by atoms with van der Waals surface area (Å²) >= 11 is 0. The summed E-state index contributed by atoms with van der Waals surface area (Å²) < 4.78 is 3.28. The van der Waals surface area contributed by atoms with E-state index in [4.69, 9.17) is 0 Å². The van der Waals surface area contributed by atoms with E-state index < -0.39 is 0 Å². The van der Waals surface area contributed by atoms with Crippen LogP contribution in [0.15, 0.2) is 55.0 Å². The number of carbonyl (C=O) groups excluding carboxylic acids is 1. The number of para-hydroxylation sites is 1. The van der Waals surface area contributed by atoms with Crippen LogP contribution in [0.25, 0.3) is 5.69 Å². The second kappa shape index (κ2) is 4.53. The van der Waals surface area contributed by atoms with Gasteiger partial charge in [-0.25, -0.2) is 4.68 Å². The van der Waals surface area contributed by atoms with Crippen molar-refractivity contribution in [1.82, 2.24) is 19.6 Å². The van der Waals surface area contributed by atoms with Crippen LogP contribution in [-0.2, 0) is 7.05 Å². The molecule has 3 rings (SSSR count). The predicted molar refractivity (Wildman–Crippen MR) is 70.2 cm³/mol. The largest absolute Gasteiger partial charge is 0.287 e. The Hall–Kier alpha value is -2.69. The first kappa shape index (κ1) is 11.4. The highest BCUT2D eigenvalue weighted by Crippen LogP contribution is 2.11. The van der Waals surface area contributed by atoms with E-state index in [-0.39, 0.29) is 5.78 Å². The molecule has 1 aromatic carbocycles. The van der Waals surface area contributed by atoms with Gasteiger partial charge in [0.25, 0.3) is 0 Å². The summed E-state index contributed by atoms with van der Waals surface area (Å²) in [5.74, 6) is -0.122. The molecule has 0 aliphatic rings. The maximum absolute atomic E-state index is 12.2. The fraction of sp³-hybridized carbons (Fsp3) is 0.0714. The van der Waals surface area contributed by atoms with Crippen LogP contribution < -0.4 is 0 Å². The van der Waals surface area contributed by atoms with Crippen LogP contribution in [0.4, 0.5) is 0 Å². The molecule has 0 unspecified atom stereocenters. The Morgan fingerprint density at radius 3 is 2.63 bits per heavy atom. The lowest BCUT2D eigenvalue weighted by atomic mass is 10.2. The van der Waals surface area contributed by atoms with Crippen LogP contribution in [0.5, 0.6) is 0 Å². The Labute approximate surface area is 110 Å². The Bertz CT molecular complexity index is 712. The molecule has 0 atom stereocenters. The summed E-state index contributed by atoms with van der Waals surface area (Å²) in [6.07, 6.45) is 5.02. The molecule has 0 saturated heterocycles. The third kappa shape index (κ3) is 2.18. The molecule has 0 bridgehead atoms. The van der Waals surface area contributed by atoms with E-state index in [0.717, 1.165) is 5.69 Å². The van der Waals surface area contributed by atoms with Crippen LogP contribution in [0.3, 0.4) is 0 Å². The zero-order chi connectivity index (χ0) is 13.2. The van der Waals surface area contributed by atoms with E-state index >= 15 is 0 Å². The quantitative estimate of drug-likeness (QED) is 0.668. The van der Waals surface area contributed by atoms with Crippen molar-refractivity contribution in [1.29, 1.82) is 0 Å². The first-order valence-electron chi connectivity index (χ1n) is 5.88. The van der Waals surface area contributed by atoms with Crippen molar-refractivity contribution in [2.75, 3.05) is 0 Å². The topological polar surface area (TPSA) is 52.7 Å². The third-order valence-corrected chi connectivity index (χ3v) is 2.81. The number of carbonyl (C=O) groups is 1. The molecule has 19 heavy (non-hydrogen) atoms. The minimum Gasteiger partial charge on any atom is -0.287 e. The molecule has 0 radical (unpaired) electrons. The average Bonchev–Trinajstić information content (AvgIpc) is 3.08. The standard InChI is InChI=1S/C14H12N4O/c1-17-8-7-13(16-17)14(19)11-9-15-18(10-11)12-5-3-2-4-6-12/h2-10H,1H3. The van der Waals surface area contributed by atoms with Crippen molar-refractivity contribution >= 4 is 5.78 Å². The van der Waals surface area contributed by atoms with Crippen LogP contribution in [0, 0.1) is 0 Å². The number of ketones is 1. The van der Waals surface area contributed by atoms with Crippen LogP contribution in [-0.4, -0.2) is 25.3 Å². The minimum atomic E-state index is -0.122. The Morgan fingerprint density at radius 1 is 1.16 bits per heavy atom. The number of aromatic nitrogens is 4. The molecular weight excluding hydrogens is 240 g/mol.